The van der Waals surface area contributed by atoms with E-state index in [4.69, 9.17) is 9.53 Å². The molecule has 104 valence electrons. The summed E-state index contributed by atoms with van der Waals surface area (Å²) in [7, 11) is -0.463. The van der Waals surface area contributed by atoms with Crippen molar-refractivity contribution >= 4 is 21.6 Å². The van der Waals surface area contributed by atoms with Crippen LogP contribution in [0.2, 0.25) is 6.04 Å². The summed E-state index contributed by atoms with van der Waals surface area (Å²) >= 11 is 0. The fourth-order valence-electron chi connectivity index (χ4n) is 1.64. The zero-order chi connectivity index (χ0) is 14.1. The summed E-state index contributed by atoms with van der Waals surface area (Å²) in [6.07, 6.45) is 0.868. The number of carbonyl (C=O) groups is 2. The van der Waals surface area contributed by atoms with Gasteiger partial charge in [0.25, 0.3) is 5.91 Å². The number of rotatable bonds is 8. The molecule has 6 heteroatoms. The fraction of sp³-hybridized carbons (Fsp3) is 0.385. The van der Waals surface area contributed by atoms with E-state index in [-0.39, 0.29) is 17.0 Å². The van der Waals surface area contributed by atoms with Gasteiger partial charge in [0.05, 0.1) is 11.1 Å². The van der Waals surface area contributed by atoms with Crippen LogP contribution in [-0.4, -0.2) is 39.9 Å². The topological polar surface area (TPSA) is 75.6 Å². The maximum Gasteiger partial charge on any atom is 0.336 e. The number of hydrogen-bond acceptors (Lipinski definition) is 3. The van der Waals surface area contributed by atoms with E-state index in [2.05, 4.69) is 5.32 Å². The first-order valence-corrected chi connectivity index (χ1v) is 7.92. The molecule has 0 heterocycles. The van der Waals surface area contributed by atoms with E-state index in [0.29, 0.717) is 6.54 Å². The number of benzene rings is 1. The van der Waals surface area contributed by atoms with Gasteiger partial charge >= 0.3 is 5.97 Å². The molecule has 0 aliphatic carbocycles. The van der Waals surface area contributed by atoms with Crippen LogP contribution in [0.4, 0.5) is 0 Å². The average Bonchev–Trinajstić information content (AvgIpc) is 2.42. The summed E-state index contributed by atoms with van der Waals surface area (Å²) in [5, 5.41) is 11.7. The van der Waals surface area contributed by atoms with E-state index in [1.807, 2.05) is 6.92 Å². The Bertz CT molecular complexity index is 436. The zero-order valence-electron chi connectivity index (χ0n) is 11.0. The minimum absolute atomic E-state index is 0.0312. The Labute approximate surface area is 114 Å². The van der Waals surface area contributed by atoms with Crippen LogP contribution >= 0.6 is 0 Å². The van der Waals surface area contributed by atoms with Crippen molar-refractivity contribution in [2.24, 2.45) is 0 Å². The number of nitrogens with one attached hydrogen (secondary N) is 1. The van der Waals surface area contributed by atoms with Gasteiger partial charge in [0.1, 0.15) is 0 Å². The standard InChI is InChI=1S/C13H19NO4Si/c1-2-18-19-9-5-8-14-12(15)10-6-3-4-7-11(10)13(16)17/h3-4,6-7H,2,5,8-9,19H2,1H3,(H,14,15)(H,16,17). The van der Waals surface area contributed by atoms with Crippen LogP contribution in [-0.2, 0) is 4.43 Å². The quantitative estimate of drug-likeness (QED) is 0.551. The van der Waals surface area contributed by atoms with Crippen LogP contribution in [0.15, 0.2) is 24.3 Å². The molecule has 1 rings (SSSR count). The minimum atomic E-state index is -1.09. The van der Waals surface area contributed by atoms with Crippen molar-refractivity contribution in [1.29, 1.82) is 0 Å². The number of aromatic carboxylic acids is 1. The molecule has 0 unspecified atom stereocenters. The van der Waals surface area contributed by atoms with Crippen molar-refractivity contribution in [2.45, 2.75) is 19.4 Å². The molecular formula is C13H19NO4Si. The first-order chi connectivity index (χ1) is 9.16. The highest BCUT2D eigenvalue weighted by Gasteiger charge is 2.14. The predicted molar refractivity (Wildman–Crippen MR) is 75.3 cm³/mol. The molecular weight excluding hydrogens is 262 g/mol. The molecule has 0 bridgehead atoms. The van der Waals surface area contributed by atoms with Gasteiger partial charge in [-0.15, -0.1) is 0 Å². The van der Waals surface area contributed by atoms with Crippen LogP contribution in [0.3, 0.4) is 0 Å². The smallest absolute Gasteiger partial charge is 0.336 e. The maximum absolute atomic E-state index is 11.9. The lowest BCUT2D eigenvalue weighted by atomic mass is 10.1. The van der Waals surface area contributed by atoms with Gasteiger partial charge in [0.15, 0.2) is 9.76 Å². The molecule has 0 radical (unpaired) electrons. The summed E-state index contributed by atoms with van der Waals surface area (Å²) in [5.74, 6) is -1.43. The molecule has 0 aliphatic heterocycles. The molecule has 0 saturated heterocycles. The minimum Gasteiger partial charge on any atom is -0.478 e. The molecule has 1 aromatic carbocycles. The fourth-order valence-corrected chi connectivity index (χ4v) is 2.59. The van der Waals surface area contributed by atoms with Gasteiger partial charge in [0.2, 0.25) is 0 Å². The van der Waals surface area contributed by atoms with Crippen LogP contribution in [0.5, 0.6) is 0 Å². The van der Waals surface area contributed by atoms with Crippen molar-refractivity contribution in [3.05, 3.63) is 35.4 Å². The molecule has 0 aromatic heterocycles. The number of carboxylic acid groups (broad SMARTS) is 1. The number of carbonyl (C=O) groups excluding carboxylic acids is 1. The molecule has 0 atom stereocenters. The summed E-state index contributed by atoms with van der Waals surface area (Å²) in [6.45, 7) is 3.27. The Kier molecular flexibility index (Phi) is 6.84. The third-order valence-electron chi connectivity index (χ3n) is 2.61. The van der Waals surface area contributed by atoms with E-state index >= 15 is 0 Å². The number of amides is 1. The SMILES string of the molecule is CCO[SiH2]CCCNC(=O)c1ccccc1C(=O)O. The molecule has 0 saturated carbocycles. The Balaban J connectivity index is 2.43. The summed E-state index contributed by atoms with van der Waals surface area (Å²) < 4.78 is 5.32. The Morgan fingerprint density at radius 3 is 2.63 bits per heavy atom. The molecule has 2 N–H and O–H groups in total. The highest BCUT2D eigenvalue weighted by Crippen LogP contribution is 2.08. The van der Waals surface area contributed by atoms with Crippen LogP contribution in [0.1, 0.15) is 34.1 Å². The van der Waals surface area contributed by atoms with Gasteiger partial charge in [-0.25, -0.2) is 4.79 Å². The van der Waals surface area contributed by atoms with Crippen molar-refractivity contribution in [2.75, 3.05) is 13.2 Å². The van der Waals surface area contributed by atoms with Crippen LogP contribution < -0.4 is 5.32 Å². The predicted octanol–water partition coefficient (Wildman–Crippen LogP) is 1.04. The molecule has 0 fully saturated rings. The van der Waals surface area contributed by atoms with Crippen molar-refractivity contribution in [1.82, 2.24) is 5.32 Å². The monoisotopic (exact) mass is 281 g/mol. The molecule has 0 aliphatic rings. The van der Waals surface area contributed by atoms with E-state index in [1.165, 1.54) is 12.1 Å². The Hall–Kier alpha value is -1.66. The van der Waals surface area contributed by atoms with Crippen molar-refractivity contribution in [3.8, 4) is 0 Å². The highest BCUT2D eigenvalue weighted by atomic mass is 28.2. The molecule has 19 heavy (non-hydrogen) atoms. The van der Waals surface area contributed by atoms with Gasteiger partial charge in [-0.3, -0.25) is 4.79 Å². The zero-order valence-corrected chi connectivity index (χ0v) is 12.4. The van der Waals surface area contributed by atoms with Gasteiger partial charge in [-0.05, 0) is 31.5 Å². The summed E-state index contributed by atoms with van der Waals surface area (Å²) in [5.41, 5.74) is 0.237. The van der Waals surface area contributed by atoms with Gasteiger partial charge in [-0.2, -0.15) is 0 Å². The Morgan fingerprint density at radius 1 is 1.32 bits per heavy atom. The average molecular weight is 281 g/mol. The van der Waals surface area contributed by atoms with Gasteiger partial charge in [0, 0.05) is 13.2 Å². The second-order valence-corrected chi connectivity index (χ2v) is 5.53. The second kappa shape index (κ2) is 8.44. The van der Waals surface area contributed by atoms with E-state index in [9.17, 15) is 9.59 Å². The lowest BCUT2D eigenvalue weighted by molar-refractivity contribution is 0.0691. The van der Waals surface area contributed by atoms with E-state index in [0.717, 1.165) is 19.1 Å². The van der Waals surface area contributed by atoms with Crippen LogP contribution in [0.25, 0.3) is 0 Å². The summed E-state index contributed by atoms with van der Waals surface area (Å²) in [4.78, 5) is 22.8. The third-order valence-corrected chi connectivity index (χ3v) is 4.09. The lowest BCUT2D eigenvalue weighted by Crippen LogP contribution is -2.26. The number of carboxylic acids is 1. The van der Waals surface area contributed by atoms with Crippen molar-refractivity contribution < 1.29 is 19.1 Å². The van der Waals surface area contributed by atoms with Gasteiger partial charge in [-0.1, -0.05) is 12.1 Å². The molecule has 1 amide bonds. The number of hydrogen-bond donors (Lipinski definition) is 2. The van der Waals surface area contributed by atoms with Gasteiger partial charge < -0.3 is 14.8 Å². The third kappa shape index (κ3) is 5.23. The van der Waals surface area contributed by atoms with E-state index in [1.54, 1.807) is 12.1 Å². The highest BCUT2D eigenvalue weighted by molar-refractivity contribution is 6.26. The van der Waals surface area contributed by atoms with E-state index < -0.39 is 15.7 Å². The van der Waals surface area contributed by atoms with Crippen LogP contribution in [0, 0.1) is 0 Å². The first kappa shape index (κ1) is 15.4. The Morgan fingerprint density at radius 2 is 2.00 bits per heavy atom. The largest absolute Gasteiger partial charge is 0.478 e. The first-order valence-electron chi connectivity index (χ1n) is 6.35. The normalized spacial score (nSPS) is 10.8. The molecule has 1 aromatic rings. The molecule has 0 spiro atoms. The second-order valence-electron chi connectivity index (χ2n) is 4.01. The van der Waals surface area contributed by atoms with Crippen molar-refractivity contribution in [3.63, 3.8) is 0 Å². The molecule has 5 nitrogen and oxygen atoms in total. The summed E-state index contributed by atoms with van der Waals surface area (Å²) in [6, 6.07) is 7.22. The maximum atomic E-state index is 11.9. The lowest BCUT2D eigenvalue weighted by Gasteiger charge is -2.07.